The summed E-state index contributed by atoms with van der Waals surface area (Å²) in [6.07, 6.45) is -4.20. The molecule has 1 aromatic heterocycles. The minimum atomic E-state index is -4.25. The van der Waals surface area contributed by atoms with Gasteiger partial charge in [-0.3, -0.25) is 11.3 Å². The normalized spacial score (nSPS) is 13.8. The highest BCUT2D eigenvalue weighted by atomic mass is 19.4. The van der Waals surface area contributed by atoms with Crippen molar-refractivity contribution in [2.24, 2.45) is 5.84 Å². The van der Waals surface area contributed by atoms with Crippen LogP contribution in [0.1, 0.15) is 25.6 Å². The summed E-state index contributed by atoms with van der Waals surface area (Å²) in [6.45, 7) is 2.74. The molecule has 21 heavy (non-hydrogen) atoms. The Bertz CT molecular complexity index is 591. The van der Waals surface area contributed by atoms with Crippen LogP contribution in [0.3, 0.4) is 0 Å². The van der Waals surface area contributed by atoms with Crippen molar-refractivity contribution >= 4 is 11.0 Å². The fraction of sp³-hybridized carbons (Fsp3) is 0.500. The number of rotatable bonds is 6. The number of aryl methyl sites for hydroxylation is 1. The van der Waals surface area contributed by atoms with Gasteiger partial charge in [0.2, 0.25) is 0 Å². The minimum Gasteiger partial charge on any atom is -0.328 e. The molecule has 0 fully saturated rings. The van der Waals surface area contributed by atoms with Gasteiger partial charge in [0.1, 0.15) is 5.82 Å². The predicted octanol–water partition coefficient (Wildman–Crippen LogP) is 2.77. The third-order valence-corrected chi connectivity index (χ3v) is 3.32. The lowest BCUT2D eigenvalue weighted by molar-refractivity contribution is -0.140. The second kappa shape index (κ2) is 6.44. The lowest BCUT2D eigenvalue weighted by Gasteiger charge is -2.18. The maximum atomic E-state index is 12.5. The van der Waals surface area contributed by atoms with Crippen molar-refractivity contribution < 1.29 is 13.2 Å². The molecule has 0 aliphatic carbocycles. The second-order valence-corrected chi connectivity index (χ2v) is 5.06. The van der Waals surface area contributed by atoms with Crippen molar-refractivity contribution in [3.63, 3.8) is 0 Å². The number of imidazole rings is 1. The van der Waals surface area contributed by atoms with Crippen LogP contribution in [-0.4, -0.2) is 21.8 Å². The van der Waals surface area contributed by atoms with Crippen molar-refractivity contribution in [3.05, 3.63) is 30.1 Å². The Morgan fingerprint density at radius 2 is 2.05 bits per heavy atom. The zero-order chi connectivity index (χ0) is 15.5. The van der Waals surface area contributed by atoms with E-state index >= 15 is 0 Å². The fourth-order valence-electron chi connectivity index (χ4n) is 2.44. The van der Waals surface area contributed by atoms with Crippen molar-refractivity contribution in [3.8, 4) is 0 Å². The standard InChI is InChI=1S/C14H19F3N4/c1-2-7-21-12-6-4-3-5-11(12)19-13(21)8-10(20-18)9-14(15,16)17/h3-6,10,20H,2,7-9,18H2,1H3. The number of aromatic nitrogens is 2. The van der Waals surface area contributed by atoms with Crippen molar-refractivity contribution in [2.45, 2.75) is 44.9 Å². The van der Waals surface area contributed by atoms with Gasteiger partial charge >= 0.3 is 6.18 Å². The van der Waals surface area contributed by atoms with Crippen LogP contribution in [0.5, 0.6) is 0 Å². The first-order chi connectivity index (χ1) is 9.94. The van der Waals surface area contributed by atoms with Crippen LogP contribution < -0.4 is 11.3 Å². The van der Waals surface area contributed by atoms with E-state index in [4.69, 9.17) is 5.84 Å². The number of nitrogens with zero attached hydrogens (tertiary/aromatic N) is 2. The molecule has 7 heteroatoms. The first kappa shape index (κ1) is 15.8. The van der Waals surface area contributed by atoms with E-state index < -0.39 is 18.6 Å². The highest BCUT2D eigenvalue weighted by molar-refractivity contribution is 5.75. The van der Waals surface area contributed by atoms with E-state index in [0.717, 1.165) is 24.0 Å². The van der Waals surface area contributed by atoms with Gasteiger partial charge in [0.25, 0.3) is 0 Å². The van der Waals surface area contributed by atoms with E-state index in [1.165, 1.54) is 0 Å². The molecule has 0 saturated carbocycles. The average molecular weight is 300 g/mol. The quantitative estimate of drug-likeness (QED) is 0.637. The summed E-state index contributed by atoms with van der Waals surface area (Å²) >= 11 is 0. The van der Waals surface area contributed by atoms with Gasteiger partial charge in [-0.2, -0.15) is 13.2 Å². The van der Waals surface area contributed by atoms with Crippen LogP contribution >= 0.6 is 0 Å². The molecule has 1 heterocycles. The molecule has 0 radical (unpaired) electrons. The second-order valence-electron chi connectivity index (χ2n) is 5.06. The Morgan fingerprint density at radius 1 is 1.33 bits per heavy atom. The molecule has 1 aromatic carbocycles. The number of para-hydroxylation sites is 2. The van der Waals surface area contributed by atoms with Crippen LogP contribution in [0.25, 0.3) is 11.0 Å². The highest BCUT2D eigenvalue weighted by Crippen LogP contribution is 2.24. The van der Waals surface area contributed by atoms with E-state index in [9.17, 15) is 13.2 Å². The van der Waals surface area contributed by atoms with Gasteiger partial charge in [0, 0.05) is 19.0 Å². The summed E-state index contributed by atoms with van der Waals surface area (Å²) in [5.41, 5.74) is 3.98. The van der Waals surface area contributed by atoms with Crippen LogP contribution in [-0.2, 0) is 13.0 Å². The van der Waals surface area contributed by atoms with Gasteiger partial charge in [-0.05, 0) is 18.6 Å². The summed E-state index contributed by atoms with van der Waals surface area (Å²) in [5, 5.41) is 0. The van der Waals surface area contributed by atoms with Crippen LogP contribution in [0.15, 0.2) is 24.3 Å². The number of halogens is 3. The zero-order valence-electron chi connectivity index (χ0n) is 11.8. The van der Waals surface area contributed by atoms with Crippen molar-refractivity contribution in [1.29, 1.82) is 0 Å². The fourth-order valence-corrected chi connectivity index (χ4v) is 2.44. The first-order valence-electron chi connectivity index (χ1n) is 6.91. The number of hydrazine groups is 1. The Labute approximate surface area is 121 Å². The first-order valence-corrected chi connectivity index (χ1v) is 6.91. The lowest BCUT2D eigenvalue weighted by Crippen LogP contribution is -2.40. The number of nitrogens with two attached hydrogens (primary N) is 1. The molecule has 0 bridgehead atoms. The van der Waals surface area contributed by atoms with Gasteiger partial charge < -0.3 is 4.57 Å². The number of hydrogen-bond acceptors (Lipinski definition) is 3. The molecule has 2 rings (SSSR count). The molecule has 0 aliphatic heterocycles. The van der Waals surface area contributed by atoms with Gasteiger partial charge in [-0.15, -0.1) is 0 Å². The molecule has 4 nitrogen and oxygen atoms in total. The summed E-state index contributed by atoms with van der Waals surface area (Å²) in [7, 11) is 0. The van der Waals surface area contributed by atoms with E-state index in [1.54, 1.807) is 0 Å². The molecule has 1 unspecified atom stereocenters. The molecule has 1 atom stereocenters. The number of benzene rings is 1. The smallest absolute Gasteiger partial charge is 0.328 e. The maximum Gasteiger partial charge on any atom is 0.390 e. The summed E-state index contributed by atoms with van der Waals surface area (Å²) in [4.78, 5) is 4.45. The topological polar surface area (TPSA) is 55.9 Å². The molecule has 0 spiro atoms. The number of hydrogen-bond donors (Lipinski definition) is 2. The van der Waals surface area contributed by atoms with Gasteiger partial charge in [-0.25, -0.2) is 4.98 Å². The Hall–Kier alpha value is -1.60. The summed E-state index contributed by atoms with van der Waals surface area (Å²) < 4.78 is 39.5. The SMILES string of the molecule is CCCn1c(CC(CC(F)(F)F)NN)nc2ccccc21. The molecule has 0 saturated heterocycles. The third-order valence-electron chi connectivity index (χ3n) is 3.32. The van der Waals surface area contributed by atoms with Crippen LogP contribution in [0, 0.1) is 0 Å². The van der Waals surface area contributed by atoms with Crippen LogP contribution in [0.2, 0.25) is 0 Å². The average Bonchev–Trinajstić information content (AvgIpc) is 2.75. The molecular weight excluding hydrogens is 281 g/mol. The lowest BCUT2D eigenvalue weighted by atomic mass is 10.1. The minimum absolute atomic E-state index is 0.144. The molecule has 116 valence electrons. The molecule has 2 aromatic rings. The predicted molar refractivity (Wildman–Crippen MR) is 75.5 cm³/mol. The zero-order valence-corrected chi connectivity index (χ0v) is 11.8. The van der Waals surface area contributed by atoms with E-state index in [-0.39, 0.29) is 6.42 Å². The Morgan fingerprint density at radius 3 is 2.67 bits per heavy atom. The van der Waals surface area contributed by atoms with Gasteiger partial charge in [0.15, 0.2) is 0 Å². The monoisotopic (exact) mass is 300 g/mol. The van der Waals surface area contributed by atoms with Gasteiger partial charge in [0.05, 0.1) is 17.5 Å². The van der Waals surface area contributed by atoms with Crippen LogP contribution in [0.4, 0.5) is 13.2 Å². The highest BCUT2D eigenvalue weighted by Gasteiger charge is 2.32. The molecular formula is C14H19F3N4. The van der Waals surface area contributed by atoms with Crippen molar-refractivity contribution in [2.75, 3.05) is 0 Å². The number of nitrogens with one attached hydrogen (secondary N) is 1. The Balaban J connectivity index is 2.29. The molecule has 0 aliphatic rings. The Kier molecular flexibility index (Phi) is 4.84. The molecule has 0 amide bonds. The third kappa shape index (κ3) is 3.95. The van der Waals surface area contributed by atoms with E-state index in [0.29, 0.717) is 5.82 Å². The largest absolute Gasteiger partial charge is 0.390 e. The number of fused-ring (bicyclic) bond motifs is 1. The van der Waals surface area contributed by atoms with Gasteiger partial charge in [-0.1, -0.05) is 19.1 Å². The van der Waals surface area contributed by atoms with Crippen molar-refractivity contribution in [1.82, 2.24) is 15.0 Å². The van der Waals surface area contributed by atoms with E-state index in [2.05, 4.69) is 10.4 Å². The summed E-state index contributed by atoms with van der Waals surface area (Å²) in [6, 6.07) is 6.67. The molecule has 3 N–H and O–H groups in total. The number of alkyl halides is 3. The summed E-state index contributed by atoms with van der Waals surface area (Å²) in [5.74, 6) is 5.89. The maximum absolute atomic E-state index is 12.5. The van der Waals surface area contributed by atoms with E-state index in [1.807, 2.05) is 35.8 Å².